The summed E-state index contributed by atoms with van der Waals surface area (Å²) in [7, 11) is 0. The fourth-order valence-corrected chi connectivity index (χ4v) is 6.46. The van der Waals surface area contributed by atoms with E-state index in [0.29, 0.717) is 39.2 Å². The van der Waals surface area contributed by atoms with Crippen LogP contribution < -0.4 is 5.32 Å². The molecule has 178 valence electrons. The topological polar surface area (TPSA) is 82.5 Å². The van der Waals surface area contributed by atoms with Gasteiger partial charge in [-0.25, -0.2) is 9.78 Å². The lowest BCUT2D eigenvalue weighted by molar-refractivity contribution is -0.968. The predicted molar refractivity (Wildman–Crippen MR) is 137 cm³/mol. The summed E-state index contributed by atoms with van der Waals surface area (Å²) in [4.78, 5) is 17.8. The minimum atomic E-state index is -0.947. The van der Waals surface area contributed by atoms with Crippen molar-refractivity contribution in [2.75, 3.05) is 26.2 Å². The van der Waals surface area contributed by atoms with E-state index >= 15 is 0 Å². The number of rotatable bonds is 5. The number of phenolic OH excluding ortho intramolecular Hbond substituents is 1. The van der Waals surface area contributed by atoms with Gasteiger partial charge in [-0.1, -0.05) is 30.3 Å². The molecule has 0 radical (unpaired) electrons. The van der Waals surface area contributed by atoms with Crippen LogP contribution in [0.4, 0.5) is 0 Å². The molecule has 3 heterocycles. The van der Waals surface area contributed by atoms with Crippen molar-refractivity contribution in [3.8, 4) is 17.0 Å². The second-order valence-electron chi connectivity index (χ2n) is 9.65. The molecule has 0 unspecified atom stereocenters. The molecule has 34 heavy (non-hydrogen) atoms. The van der Waals surface area contributed by atoms with Crippen molar-refractivity contribution in [3.63, 3.8) is 0 Å². The highest BCUT2D eigenvalue weighted by atomic mass is 79.9. The number of fused-ring (bicyclic) bond motifs is 1. The number of pyridine rings is 1. The van der Waals surface area contributed by atoms with Gasteiger partial charge in [-0.3, -0.25) is 0 Å². The van der Waals surface area contributed by atoms with Gasteiger partial charge in [0, 0.05) is 42.4 Å². The molecule has 2 aliphatic rings. The number of carboxylic acids is 1. The summed E-state index contributed by atoms with van der Waals surface area (Å²) < 4.78 is 1.37. The third-order valence-electron chi connectivity index (χ3n) is 7.70. The number of nitrogens with one attached hydrogen (secondary N) is 1. The third kappa shape index (κ3) is 4.21. The normalized spacial score (nSPS) is 18.7. The average Bonchev–Trinajstić information content (AvgIpc) is 2.87. The lowest BCUT2D eigenvalue weighted by atomic mass is 9.91. The Kier molecular flexibility index (Phi) is 6.60. The maximum absolute atomic E-state index is 12.8. The minimum absolute atomic E-state index is 0.0531. The Balaban J connectivity index is 1.76. The summed E-state index contributed by atoms with van der Waals surface area (Å²) >= 11 is 3.45. The summed E-state index contributed by atoms with van der Waals surface area (Å²) in [5, 5.41) is 24.9. The fourth-order valence-electron chi connectivity index (χ4n) is 6.02. The molecular formula is C27H31BrN3O3+. The van der Waals surface area contributed by atoms with E-state index in [2.05, 4.69) is 21.2 Å². The quantitative estimate of drug-likeness (QED) is 0.393. The van der Waals surface area contributed by atoms with E-state index < -0.39 is 5.97 Å². The lowest BCUT2D eigenvalue weighted by Crippen LogP contribution is -2.60. The van der Waals surface area contributed by atoms with E-state index in [1.54, 1.807) is 12.1 Å². The number of halogens is 1. The van der Waals surface area contributed by atoms with Crippen LogP contribution in [-0.2, 0) is 6.54 Å². The van der Waals surface area contributed by atoms with Crippen LogP contribution in [0, 0.1) is 0 Å². The van der Waals surface area contributed by atoms with Gasteiger partial charge in [0.15, 0.2) is 0 Å². The number of aromatic carboxylic acids is 1. The largest absolute Gasteiger partial charge is 0.507 e. The van der Waals surface area contributed by atoms with Crippen LogP contribution in [0.2, 0.25) is 0 Å². The first kappa shape index (κ1) is 23.3. The Hall–Kier alpha value is -2.48. The number of likely N-dealkylation sites (tertiary alicyclic amines) is 1. The van der Waals surface area contributed by atoms with Crippen molar-refractivity contribution >= 4 is 32.8 Å². The molecule has 0 atom stereocenters. The molecule has 1 aromatic heterocycles. The Bertz CT molecular complexity index is 1200. The highest BCUT2D eigenvalue weighted by molar-refractivity contribution is 9.10. The van der Waals surface area contributed by atoms with Crippen molar-refractivity contribution < 1.29 is 19.5 Å². The number of phenols is 1. The predicted octanol–water partition coefficient (Wildman–Crippen LogP) is 5.32. The molecule has 6 nitrogen and oxygen atoms in total. The molecule has 0 aliphatic carbocycles. The zero-order valence-electron chi connectivity index (χ0n) is 19.3. The SMILES string of the molecule is O=C(O)c1c(C[N+]2(C3CCNCC3)CCCCC2)c(-c2ccccc2)nc2c(Br)c(O)ccc12. The number of benzene rings is 2. The Morgan fingerprint density at radius 2 is 1.76 bits per heavy atom. The second-order valence-corrected chi connectivity index (χ2v) is 10.4. The molecule has 3 N–H and O–H groups in total. The first-order valence-electron chi connectivity index (χ1n) is 12.2. The lowest BCUT2D eigenvalue weighted by Gasteiger charge is -2.49. The average molecular weight is 525 g/mol. The van der Waals surface area contributed by atoms with Gasteiger partial charge in [0.05, 0.1) is 40.4 Å². The summed E-state index contributed by atoms with van der Waals surface area (Å²) in [6.45, 7) is 4.86. The number of aromatic hydroxyl groups is 1. The molecule has 2 aromatic carbocycles. The number of piperidine rings is 2. The van der Waals surface area contributed by atoms with E-state index in [4.69, 9.17) is 4.98 Å². The molecule has 3 aromatic rings. The molecule has 0 saturated carbocycles. The monoisotopic (exact) mass is 524 g/mol. The Morgan fingerprint density at radius 1 is 1.06 bits per heavy atom. The molecule has 2 aliphatic heterocycles. The first-order chi connectivity index (χ1) is 16.5. The van der Waals surface area contributed by atoms with Gasteiger partial charge in [0.1, 0.15) is 12.3 Å². The van der Waals surface area contributed by atoms with Gasteiger partial charge in [-0.05, 0) is 47.3 Å². The number of hydrogen-bond acceptors (Lipinski definition) is 4. The zero-order valence-corrected chi connectivity index (χ0v) is 20.9. The molecule has 2 saturated heterocycles. The first-order valence-corrected chi connectivity index (χ1v) is 13.0. The second kappa shape index (κ2) is 9.64. The molecule has 0 spiro atoms. The maximum atomic E-state index is 12.8. The van der Waals surface area contributed by atoms with Gasteiger partial charge in [0.25, 0.3) is 0 Å². The van der Waals surface area contributed by atoms with Gasteiger partial charge >= 0.3 is 5.97 Å². The van der Waals surface area contributed by atoms with Gasteiger partial charge < -0.3 is 20.0 Å². The molecular weight excluding hydrogens is 494 g/mol. The van der Waals surface area contributed by atoms with Crippen LogP contribution in [-0.4, -0.2) is 57.9 Å². The molecule has 0 amide bonds. The Labute approximate surface area is 208 Å². The van der Waals surface area contributed by atoms with Crippen molar-refractivity contribution in [2.24, 2.45) is 0 Å². The number of aromatic nitrogens is 1. The van der Waals surface area contributed by atoms with Crippen molar-refractivity contribution in [1.82, 2.24) is 10.3 Å². The van der Waals surface area contributed by atoms with E-state index in [1.807, 2.05) is 30.3 Å². The summed E-state index contributed by atoms with van der Waals surface area (Å²) in [5.74, 6) is -0.894. The van der Waals surface area contributed by atoms with E-state index in [-0.39, 0.29) is 5.75 Å². The van der Waals surface area contributed by atoms with Crippen LogP contribution >= 0.6 is 15.9 Å². The van der Waals surface area contributed by atoms with Gasteiger partial charge in [-0.2, -0.15) is 0 Å². The van der Waals surface area contributed by atoms with Crippen LogP contribution in [0.3, 0.4) is 0 Å². The Morgan fingerprint density at radius 3 is 2.44 bits per heavy atom. The summed E-state index contributed by atoms with van der Waals surface area (Å²) in [6, 6.07) is 13.6. The van der Waals surface area contributed by atoms with Crippen molar-refractivity contribution in [1.29, 1.82) is 0 Å². The number of quaternary nitrogens is 1. The highest BCUT2D eigenvalue weighted by Gasteiger charge is 2.41. The highest BCUT2D eigenvalue weighted by Crippen LogP contribution is 2.40. The summed E-state index contributed by atoms with van der Waals surface area (Å²) in [6.07, 6.45) is 5.82. The van der Waals surface area contributed by atoms with Crippen LogP contribution in [0.1, 0.15) is 48.0 Å². The van der Waals surface area contributed by atoms with Crippen LogP contribution in [0.5, 0.6) is 5.75 Å². The molecule has 5 rings (SSSR count). The molecule has 0 bridgehead atoms. The van der Waals surface area contributed by atoms with E-state index in [0.717, 1.165) is 54.6 Å². The number of hydrogen-bond donors (Lipinski definition) is 3. The standard InChI is InChI=1S/C27H30BrN3O3/c28-24-22(32)10-9-20-23(27(33)34)21(25(30-26(20)24)18-7-3-1-4-8-18)17-31(15-5-2-6-16-31)19-11-13-29-14-12-19/h1,3-4,7-10,19,29H,2,5-6,11-17H2,(H-,30,32,33,34)/p+1. The third-order valence-corrected chi connectivity index (χ3v) is 8.48. The van der Waals surface area contributed by atoms with Crippen molar-refractivity contribution in [3.05, 3.63) is 58.1 Å². The minimum Gasteiger partial charge on any atom is -0.507 e. The van der Waals surface area contributed by atoms with E-state index in [9.17, 15) is 15.0 Å². The summed E-state index contributed by atoms with van der Waals surface area (Å²) in [5.41, 5.74) is 3.20. The molecule has 2 fully saturated rings. The van der Waals surface area contributed by atoms with E-state index in [1.165, 1.54) is 19.3 Å². The van der Waals surface area contributed by atoms with Crippen molar-refractivity contribution in [2.45, 2.75) is 44.7 Å². The van der Waals surface area contributed by atoms with Crippen LogP contribution in [0.25, 0.3) is 22.2 Å². The maximum Gasteiger partial charge on any atom is 0.336 e. The zero-order chi connectivity index (χ0) is 23.7. The van der Waals surface area contributed by atoms with Crippen LogP contribution in [0.15, 0.2) is 46.9 Å². The number of carboxylic acid groups (broad SMARTS) is 1. The van der Waals surface area contributed by atoms with Gasteiger partial charge in [0.2, 0.25) is 0 Å². The smallest absolute Gasteiger partial charge is 0.336 e. The molecule has 7 heteroatoms. The number of nitrogens with zero attached hydrogens (tertiary/aromatic N) is 2. The fraction of sp³-hybridized carbons (Fsp3) is 0.407. The number of carbonyl (C=O) groups is 1. The van der Waals surface area contributed by atoms with Gasteiger partial charge in [-0.15, -0.1) is 0 Å².